The molecule has 1 aromatic heterocycles. The van der Waals surface area contributed by atoms with Crippen molar-refractivity contribution in [2.45, 2.75) is 20.8 Å². The SMILES string of the molecule is CCOc1ccc(-c2ncnc(N)c2C)cc1OCC. The van der Waals surface area contributed by atoms with Gasteiger partial charge >= 0.3 is 0 Å². The molecule has 1 aromatic carbocycles. The molecule has 0 saturated carbocycles. The summed E-state index contributed by atoms with van der Waals surface area (Å²) in [4.78, 5) is 8.28. The average molecular weight is 273 g/mol. The van der Waals surface area contributed by atoms with Crippen LogP contribution in [0.2, 0.25) is 0 Å². The van der Waals surface area contributed by atoms with E-state index in [9.17, 15) is 0 Å². The molecule has 5 nitrogen and oxygen atoms in total. The highest BCUT2D eigenvalue weighted by Crippen LogP contribution is 2.33. The topological polar surface area (TPSA) is 70.3 Å². The minimum atomic E-state index is 0.488. The van der Waals surface area contributed by atoms with Crippen molar-refractivity contribution < 1.29 is 9.47 Å². The highest BCUT2D eigenvalue weighted by Gasteiger charge is 2.11. The van der Waals surface area contributed by atoms with Crippen molar-refractivity contribution in [1.82, 2.24) is 9.97 Å². The van der Waals surface area contributed by atoms with Gasteiger partial charge in [0.05, 0.1) is 18.9 Å². The third kappa shape index (κ3) is 2.82. The van der Waals surface area contributed by atoms with Crippen LogP contribution in [0.4, 0.5) is 5.82 Å². The maximum Gasteiger partial charge on any atom is 0.161 e. The van der Waals surface area contributed by atoms with E-state index >= 15 is 0 Å². The van der Waals surface area contributed by atoms with Crippen LogP contribution < -0.4 is 15.2 Å². The van der Waals surface area contributed by atoms with E-state index in [1.165, 1.54) is 6.33 Å². The molecule has 0 amide bonds. The van der Waals surface area contributed by atoms with Gasteiger partial charge in [-0.3, -0.25) is 0 Å². The first kappa shape index (κ1) is 14.1. The van der Waals surface area contributed by atoms with Crippen LogP contribution in [0.3, 0.4) is 0 Å². The molecule has 0 atom stereocenters. The molecule has 0 spiro atoms. The van der Waals surface area contributed by atoms with Gasteiger partial charge in [-0.25, -0.2) is 9.97 Å². The number of nitrogen functional groups attached to an aromatic ring is 1. The van der Waals surface area contributed by atoms with Gasteiger partial charge in [-0.2, -0.15) is 0 Å². The summed E-state index contributed by atoms with van der Waals surface area (Å²) in [7, 11) is 0. The number of hydrogen-bond donors (Lipinski definition) is 1. The standard InChI is InChI=1S/C15H19N3O2/c1-4-19-12-7-6-11(8-13(12)20-5-2)14-10(3)15(16)18-9-17-14/h6-9H,4-5H2,1-3H3,(H2,16,17,18). The number of benzene rings is 1. The van der Waals surface area contributed by atoms with Gasteiger partial charge in [0.2, 0.25) is 0 Å². The molecule has 0 radical (unpaired) electrons. The quantitative estimate of drug-likeness (QED) is 0.907. The fraction of sp³-hybridized carbons (Fsp3) is 0.333. The van der Waals surface area contributed by atoms with E-state index in [1.807, 2.05) is 39.0 Å². The summed E-state index contributed by atoms with van der Waals surface area (Å²) in [6.07, 6.45) is 1.47. The first-order chi connectivity index (χ1) is 9.67. The van der Waals surface area contributed by atoms with Crippen molar-refractivity contribution in [1.29, 1.82) is 0 Å². The molecule has 0 saturated heterocycles. The fourth-order valence-electron chi connectivity index (χ4n) is 1.95. The van der Waals surface area contributed by atoms with Crippen LogP contribution in [-0.2, 0) is 0 Å². The Morgan fingerprint density at radius 3 is 2.45 bits per heavy atom. The summed E-state index contributed by atoms with van der Waals surface area (Å²) in [5.74, 6) is 1.93. The first-order valence-corrected chi connectivity index (χ1v) is 6.64. The van der Waals surface area contributed by atoms with E-state index in [0.29, 0.717) is 24.8 Å². The Morgan fingerprint density at radius 2 is 1.75 bits per heavy atom. The summed E-state index contributed by atoms with van der Waals surface area (Å²) >= 11 is 0. The summed E-state index contributed by atoms with van der Waals surface area (Å²) in [6, 6.07) is 5.76. The minimum Gasteiger partial charge on any atom is -0.490 e. The Kier molecular flexibility index (Phi) is 4.40. The van der Waals surface area contributed by atoms with Crippen LogP contribution in [0.15, 0.2) is 24.5 Å². The predicted octanol–water partition coefficient (Wildman–Crippen LogP) is 2.83. The second kappa shape index (κ2) is 6.23. The largest absolute Gasteiger partial charge is 0.490 e. The van der Waals surface area contributed by atoms with Crippen LogP contribution in [-0.4, -0.2) is 23.2 Å². The second-order valence-electron chi connectivity index (χ2n) is 4.26. The Morgan fingerprint density at radius 1 is 1.05 bits per heavy atom. The van der Waals surface area contributed by atoms with Gasteiger partial charge in [-0.15, -0.1) is 0 Å². The van der Waals surface area contributed by atoms with Gasteiger partial charge < -0.3 is 15.2 Å². The Labute approximate surface area is 118 Å². The molecule has 0 aliphatic heterocycles. The monoisotopic (exact) mass is 273 g/mol. The van der Waals surface area contributed by atoms with E-state index in [1.54, 1.807) is 0 Å². The molecule has 2 rings (SSSR count). The number of nitrogens with zero attached hydrogens (tertiary/aromatic N) is 2. The second-order valence-corrected chi connectivity index (χ2v) is 4.26. The molecule has 5 heteroatoms. The highest BCUT2D eigenvalue weighted by atomic mass is 16.5. The van der Waals surface area contributed by atoms with Gasteiger partial charge in [0, 0.05) is 11.1 Å². The number of aromatic nitrogens is 2. The van der Waals surface area contributed by atoms with Crippen LogP contribution >= 0.6 is 0 Å². The van der Waals surface area contributed by atoms with E-state index in [4.69, 9.17) is 15.2 Å². The van der Waals surface area contributed by atoms with Crippen molar-refractivity contribution >= 4 is 5.82 Å². The summed E-state index contributed by atoms with van der Waals surface area (Å²) in [5, 5.41) is 0. The number of ether oxygens (including phenoxy) is 2. The number of hydrogen-bond acceptors (Lipinski definition) is 5. The van der Waals surface area contributed by atoms with Crippen LogP contribution in [0.5, 0.6) is 11.5 Å². The normalized spacial score (nSPS) is 10.3. The molecule has 106 valence electrons. The van der Waals surface area contributed by atoms with Gasteiger partial charge in [-0.05, 0) is 39.0 Å². The lowest BCUT2D eigenvalue weighted by Crippen LogP contribution is -2.01. The third-order valence-electron chi connectivity index (χ3n) is 2.94. The van der Waals surface area contributed by atoms with Crippen molar-refractivity contribution in [3.05, 3.63) is 30.1 Å². The smallest absolute Gasteiger partial charge is 0.161 e. The fourth-order valence-corrected chi connectivity index (χ4v) is 1.95. The van der Waals surface area contributed by atoms with Gasteiger partial charge in [0.1, 0.15) is 12.1 Å². The average Bonchev–Trinajstić information content (AvgIpc) is 2.44. The van der Waals surface area contributed by atoms with Crippen LogP contribution in [0.25, 0.3) is 11.3 Å². The third-order valence-corrected chi connectivity index (χ3v) is 2.94. The van der Waals surface area contributed by atoms with E-state index < -0.39 is 0 Å². The summed E-state index contributed by atoms with van der Waals surface area (Å²) in [6.45, 7) is 6.96. The number of anilines is 1. The van der Waals surface area contributed by atoms with Crippen LogP contribution in [0.1, 0.15) is 19.4 Å². The maximum atomic E-state index is 5.83. The molecule has 1 heterocycles. The Balaban J connectivity index is 2.47. The molecule has 2 N–H and O–H groups in total. The Hall–Kier alpha value is -2.30. The molecular weight excluding hydrogens is 254 g/mol. The van der Waals surface area contributed by atoms with Gasteiger partial charge in [0.15, 0.2) is 11.5 Å². The predicted molar refractivity (Wildman–Crippen MR) is 79.0 cm³/mol. The zero-order chi connectivity index (χ0) is 14.5. The molecular formula is C15H19N3O2. The van der Waals surface area contributed by atoms with E-state index in [0.717, 1.165) is 22.6 Å². The van der Waals surface area contributed by atoms with Crippen molar-refractivity contribution in [3.8, 4) is 22.8 Å². The van der Waals surface area contributed by atoms with E-state index in [2.05, 4.69) is 9.97 Å². The molecule has 2 aromatic rings. The molecule has 0 bridgehead atoms. The van der Waals surface area contributed by atoms with Crippen molar-refractivity contribution in [2.24, 2.45) is 0 Å². The zero-order valence-electron chi connectivity index (χ0n) is 12.0. The lowest BCUT2D eigenvalue weighted by atomic mass is 10.1. The zero-order valence-corrected chi connectivity index (χ0v) is 12.0. The molecule has 0 aliphatic rings. The lowest BCUT2D eigenvalue weighted by Gasteiger charge is -2.13. The summed E-state index contributed by atoms with van der Waals surface area (Å²) in [5.41, 5.74) is 8.43. The number of nitrogens with two attached hydrogens (primary N) is 1. The molecule has 20 heavy (non-hydrogen) atoms. The van der Waals surface area contributed by atoms with Gasteiger partial charge in [-0.1, -0.05) is 0 Å². The lowest BCUT2D eigenvalue weighted by molar-refractivity contribution is 0.288. The van der Waals surface area contributed by atoms with Gasteiger partial charge in [0.25, 0.3) is 0 Å². The minimum absolute atomic E-state index is 0.488. The van der Waals surface area contributed by atoms with Crippen molar-refractivity contribution in [3.63, 3.8) is 0 Å². The number of rotatable bonds is 5. The Bertz CT molecular complexity index is 600. The first-order valence-electron chi connectivity index (χ1n) is 6.64. The molecule has 0 fully saturated rings. The van der Waals surface area contributed by atoms with Crippen molar-refractivity contribution in [2.75, 3.05) is 18.9 Å². The van der Waals surface area contributed by atoms with Crippen LogP contribution in [0, 0.1) is 6.92 Å². The highest BCUT2D eigenvalue weighted by molar-refractivity contribution is 5.69. The molecule has 0 unspecified atom stereocenters. The van der Waals surface area contributed by atoms with E-state index in [-0.39, 0.29) is 0 Å². The maximum absolute atomic E-state index is 5.83. The summed E-state index contributed by atoms with van der Waals surface area (Å²) < 4.78 is 11.2. The molecule has 0 aliphatic carbocycles.